The quantitative estimate of drug-likeness (QED) is 0.178. The largest absolute Gasteiger partial charge is 0.299 e. The molecule has 0 atom stereocenters. The molecule has 0 spiro atoms. The van der Waals surface area contributed by atoms with E-state index in [1.165, 1.54) is 43.8 Å². The maximum atomic E-state index is 5.10. The summed E-state index contributed by atoms with van der Waals surface area (Å²) in [6.45, 7) is 4.14. The van der Waals surface area contributed by atoms with Crippen LogP contribution in [0.15, 0.2) is 164 Å². The summed E-state index contributed by atoms with van der Waals surface area (Å²) in [6, 6.07) is 56.8. The zero-order valence-electron chi connectivity index (χ0n) is 27.4. The van der Waals surface area contributed by atoms with Gasteiger partial charge in [0.1, 0.15) is 5.65 Å². The molecule has 3 heterocycles. The average Bonchev–Trinajstić information content (AvgIpc) is 3.54. The Hall–Kier alpha value is -6.32. The van der Waals surface area contributed by atoms with Gasteiger partial charge in [0.25, 0.3) is 0 Å². The van der Waals surface area contributed by atoms with Crippen molar-refractivity contribution in [2.45, 2.75) is 13.8 Å². The van der Waals surface area contributed by atoms with Crippen LogP contribution in [0.1, 0.15) is 11.4 Å². The lowest BCUT2D eigenvalue weighted by atomic mass is 9.89. The van der Waals surface area contributed by atoms with Crippen LogP contribution in [0, 0.1) is 13.8 Å². The van der Waals surface area contributed by atoms with Crippen LogP contribution in [0.4, 0.5) is 0 Å². The number of imidazole rings is 1. The molecular weight excluding hydrogens is 595 g/mol. The van der Waals surface area contributed by atoms with E-state index in [0.29, 0.717) is 0 Å². The molecule has 3 aromatic heterocycles. The third-order valence-electron chi connectivity index (χ3n) is 9.47. The Bertz CT molecular complexity index is 2660. The highest BCUT2D eigenvalue weighted by molar-refractivity contribution is 6.14. The second-order valence-corrected chi connectivity index (χ2v) is 12.8. The first-order valence-electron chi connectivity index (χ1n) is 16.7. The van der Waals surface area contributed by atoms with Gasteiger partial charge in [-0.1, -0.05) is 103 Å². The second-order valence-electron chi connectivity index (χ2n) is 12.8. The molecule has 0 N–H and O–H groups in total. The third kappa shape index (κ3) is 5.17. The number of pyridine rings is 2. The fourth-order valence-electron chi connectivity index (χ4n) is 7.33. The molecule has 6 aromatic carbocycles. The number of aromatic nitrogens is 3. The van der Waals surface area contributed by atoms with E-state index in [2.05, 4.69) is 181 Å². The van der Waals surface area contributed by atoms with Gasteiger partial charge in [-0.05, 0) is 123 Å². The van der Waals surface area contributed by atoms with E-state index in [-0.39, 0.29) is 0 Å². The van der Waals surface area contributed by atoms with Gasteiger partial charge in [-0.15, -0.1) is 0 Å². The Kier molecular flexibility index (Phi) is 6.91. The van der Waals surface area contributed by atoms with Gasteiger partial charge in [-0.2, -0.15) is 0 Å². The van der Waals surface area contributed by atoms with Crippen molar-refractivity contribution in [1.82, 2.24) is 14.4 Å². The zero-order valence-corrected chi connectivity index (χ0v) is 27.4. The van der Waals surface area contributed by atoms with Crippen molar-refractivity contribution in [3.8, 4) is 55.9 Å². The maximum absolute atomic E-state index is 5.10. The minimum atomic E-state index is 0.928. The van der Waals surface area contributed by atoms with Crippen LogP contribution in [0.25, 0.3) is 83.1 Å². The fourth-order valence-corrected chi connectivity index (χ4v) is 7.33. The predicted molar refractivity (Wildman–Crippen MR) is 205 cm³/mol. The Morgan fingerprint density at radius 3 is 1.82 bits per heavy atom. The molecule has 0 aliphatic rings. The highest BCUT2D eigenvalue weighted by atomic mass is 15.0. The Labute approximate surface area is 285 Å². The molecule has 0 aliphatic carbocycles. The number of fused-ring (bicyclic) bond motifs is 4. The molecule has 0 amide bonds. The van der Waals surface area contributed by atoms with Crippen LogP contribution in [0.3, 0.4) is 0 Å². The summed E-state index contributed by atoms with van der Waals surface area (Å²) in [5.74, 6) is 0. The summed E-state index contributed by atoms with van der Waals surface area (Å²) in [4.78, 5) is 9.78. The smallest absolute Gasteiger partial charge is 0.137 e. The van der Waals surface area contributed by atoms with Crippen LogP contribution in [-0.4, -0.2) is 14.4 Å². The Morgan fingerprint density at radius 1 is 0.408 bits per heavy atom. The van der Waals surface area contributed by atoms with Crippen molar-refractivity contribution < 1.29 is 0 Å². The lowest BCUT2D eigenvalue weighted by Gasteiger charge is -2.16. The molecule has 9 rings (SSSR count). The van der Waals surface area contributed by atoms with Gasteiger partial charge in [-0.25, -0.2) is 4.98 Å². The highest BCUT2D eigenvalue weighted by Gasteiger charge is 2.18. The molecule has 0 unspecified atom stereocenters. The van der Waals surface area contributed by atoms with Crippen molar-refractivity contribution in [2.75, 3.05) is 0 Å². The number of hydrogen-bond acceptors (Lipinski definition) is 2. The number of nitrogens with zero attached hydrogens (tertiary/aromatic N) is 3. The number of rotatable bonds is 5. The van der Waals surface area contributed by atoms with Crippen LogP contribution in [0.2, 0.25) is 0 Å². The average molecular weight is 628 g/mol. The van der Waals surface area contributed by atoms with E-state index in [9.17, 15) is 0 Å². The van der Waals surface area contributed by atoms with Gasteiger partial charge < -0.3 is 0 Å². The first-order valence-corrected chi connectivity index (χ1v) is 16.7. The van der Waals surface area contributed by atoms with Crippen LogP contribution in [-0.2, 0) is 0 Å². The third-order valence-corrected chi connectivity index (χ3v) is 9.47. The molecular formula is C46H33N3. The molecule has 0 bridgehead atoms. The van der Waals surface area contributed by atoms with Crippen molar-refractivity contribution in [3.63, 3.8) is 0 Å². The zero-order chi connectivity index (χ0) is 32.9. The molecule has 9 aromatic rings. The topological polar surface area (TPSA) is 30.2 Å². The lowest BCUT2D eigenvalue weighted by Crippen LogP contribution is -1.92. The van der Waals surface area contributed by atoms with Gasteiger partial charge in [-0.3, -0.25) is 9.38 Å². The normalized spacial score (nSPS) is 11.5. The van der Waals surface area contributed by atoms with E-state index >= 15 is 0 Å². The predicted octanol–water partition coefficient (Wildman–Crippen LogP) is 12.0. The van der Waals surface area contributed by atoms with E-state index in [1.807, 2.05) is 6.07 Å². The highest BCUT2D eigenvalue weighted by Crippen LogP contribution is 2.40. The van der Waals surface area contributed by atoms with E-state index in [1.54, 1.807) is 0 Å². The molecule has 0 radical (unpaired) electrons. The Morgan fingerprint density at radius 2 is 1.00 bits per heavy atom. The monoisotopic (exact) mass is 627 g/mol. The summed E-state index contributed by atoms with van der Waals surface area (Å²) in [5, 5.41) is 5.02. The van der Waals surface area contributed by atoms with Crippen molar-refractivity contribution >= 4 is 27.2 Å². The summed E-state index contributed by atoms with van der Waals surface area (Å²) in [7, 11) is 0. The van der Waals surface area contributed by atoms with Gasteiger partial charge in [0, 0.05) is 28.7 Å². The molecule has 3 heteroatoms. The van der Waals surface area contributed by atoms with E-state index in [0.717, 1.165) is 50.7 Å². The molecule has 0 aliphatic heterocycles. The fraction of sp³-hybridized carbons (Fsp3) is 0.0435. The molecule has 3 nitrogen and oxygen atoms in total. The van der Waals surface area contributed by atoms with Gasteiger partial charge >= 0.3 is 0 Å². The van der Waals surface area contributed by atoms with Crippen LogP contribution < -0.4 is 0 Å². The maximum Gasteiger partial charge on any atom is 0.137 e. The van der Waals surface area contributed by atoms with E-state index < -0.39 is 0 Å². The number of benzene rings is 6. The molecule has 232 valence electrons. The summed E-state index contributed by atoms with van der Waals surface area (Å²) < 4.78 is 2.20. The minimum absolute atomic E-state index is 0.928. The van der Waals surface area contributed by atoms with Crippen molar-refractivity contribution in [3.05, 3.63) is 175 Å². The Balaban J connectivity index is 1.29. The molecule has 0 fully saturated rings. The van der Waals surface area contributed by atoms with Crippen molar-refractivity contribution in [2.24, 2.45) is 0 Å². The summed E-state index contributed by atoms with van der Waals surface area (Å²) >= 11 is 0. The summed E-state index contributed by atoms with van der Waals surface area (Å²) in [5.41, 5.74) is 14.3. The number of aryl methyl sites for hydroxylation is 2. The minimum Gasteiger partial charge on any atom is -0.299 e. The van der Waals surface area contributed by atoms with Crippen LogP contribution >= 0.6 is 0 Å². The second kappa shape index (κ2) is 11.7. The van der Waals surface area contributed by atoms with Gasteiger partial charge in [0.2, 0.25) is 0 Å². The van der Waals surface area contributed by atoms with Crippen LogP contribution in [0.5, 0.6) is 0 Å². The molecule has 49 heavy (non-hydrogen) atoms. The standard InChI is InChI=1S/C46H33N3/c1-30-23-36(24-31(2)47-30)38-26-37(27-39(28-38)43-29-34-15-6-7-18-40(34)41-19-8-9-20-42(41)43)33-16-12-17-35(25-33)46-45(32-13-4-3-5-14-32)48-44-21-10-11-22-49(44)46/h3-29H,1-2H3. The van der Waals surface area contributed by atoms with Crippen molar-refractivity contribution in [1.29, 1.82) is 0 Å². The van der Waals surface area contributed by atoms with Gasteiger partial charge in [0.05, 0.1) is 11.4 Å². The first-order chi connectivity index (χ1) is 24.1. The molecule has 0 saturated heterocycles. The molecule has 0 saturated carbocycles. The summed E-state index contributed by atoms with van der Waals surface area (Å²) in [6.07, 6.45) is 2.11. The van der Waals surface area contributed by atoms with Gasteiger partial charge in [0.15, 0.2) is 0 Å². The first kappa shape index (κ1) is 28.9. The number of hydrogen-bond donors (Lipinski definition) is 0. The SMILES string of the molecule is Cc1cc(-c2cc(-c3cccc(-c4c(-c5ccccc5)nc5ccccn45)c3)cc(-c3cc4ccccc4c4ccccc34)c2)cc(C)n1. The lowest BCUT2D eigenvalue weighted by molar-refractivity contribution is 1.12. The van der Waals surface area contributed by atoms with E-state index in [4.69, 9.17) is 4.98 Å².